The van der Waals surface area contributed by atoms with Crippen LogP contribution in [0.5, 0.6) is 5.88 Å². The second kappa shape index (κ2) is 6.67. The van der Waals surface area contributed by atoms with Crippen molar-refractivity contribution in [1.29, 1.82) is 0 Å². The standard InChI is InChI=1S/C13H15N3O4/c1-9-7-11(20-16-9)13(17)15-10-3-4-12(14-8-10)19-6-5-18-2/h3-4,7-8H,5-6H2,1-2H3,(H,15,17). The molecule has 2 aromatic rings. The molecule has 20 heavy (non-hydrogen) atoms. The van der Waals surface area contributed by atoms with Crippen molar-refractivity contribution in [2.75, 3.05) is 25.6 Å². The summed E-state index contributed by atoms with van der Waals surface area (Å²) in [6, 6.07) is 4.91. The number of nitrogens with zero attached hydrogens (tertiary/aromatic N) is 2. The van der Waals surface area contributed by atoms with Gasteiger partial charge in [0.25, 0.3) is 5.91 Å². The molecule has 0 unspecified atom stereocenters. The third-order valence-electron chi connectivity index (χ3n) is 2.38. The topological polar surface area (TPSA) is 86.5 Å². The first-order valence-electron chi connectivity index (χ1n) is 6.01. The maximum Gasteiger partial charge on any atom is 0.294 e. The second-order valence-corrected chi connectivity index (χ2v) is 4.01. The molecule has 1 N–H and O–H groups in total. The molecule has 1 amide bonds. The number of pyridine rings is 1. The smallest absolute Gasteiger partial charge is 0.294 e. The number of methoxy groups -OCH3 is 1. The molecule has 0 radical (unpaired) electrons. The summed E-state index contributed by atoms with van der Waals surface area (Å²) in [4.78, 5) is 15.9. The zero-order valence-corrected chi connectivity index (χ0v) is 11.3. The van der Waals surface area contributed by atoms with E-state index in [4.69, 9.17) is 14.0 Å². The largest absolute Gasteiger partial charge is 0.475 e. The van der Waals surface area contributed by atoms with Crippen LogP contribution in [0.2, 0.25) is 0 Å². The molecule has 7 heteroatoms. The summed E-state index contributed by atoms with van der Waals surface area (Å²) in [5, 5.41) is 6.30. The van der Waals surface area contributed by atoms with Gasteiger partial charge in [-0.25, -0.2) is 4.98 Å². The minimum Gasteiger partial charge on any atom is -0.475 e. The Morgan fingerprint density at radius 3 is 2.85 bits per heavy atom. The number of carbonyl (C=O) groups excluding carboxylic acids is 1. The lowest BCUT2D eigenvalue weighted by atomic mass is 10.3. The minimum absolute atomic E-state index is 0.155. The molecular weight excluding hydrogens is 262 g/mol. The van der Waals surface area contributed by atoms with Gasteiger partial charge >= 0.3 is 0 Å². The number of rotatable bonds is 6. The van der Waals surface area contributed by atoms with Gasteiger partial charge in [0, 0.05) is 19.2 Å². The Bertz CT molecular complexity index is 565. The molecule has 0 saturated carbocycles. The lowest BCUT2D eigenvalue weighted by molar-refractivity contribution is 0.0988. The van der Waals surface area contributed by atoms with E-state index in [0.29, 0.717) is 30.5 Å². The number of aryl methyl sites for hydroxylation is 1. The fourth-order valence-electron chi connectivity index (χ4n) is 1.43. The normalized spacial score (nSPS) is 10.3. The SMILES string of the molecule is COCCOc1ccc(NC(=O)c2cc(C)no2)cn1. The van der Waals surface area contributed by atoms with Gasteiger partial charge < -0.3 is 19.3 Å². The number of amides is 1. The van der Waals surface area contributed by atoms with E-state index in [0.717, 1.165) is 0 Å². The highest BCUT2D eigenvalue weighted by Gasteiger charge is 2.11. The second-order valence-electron chi connectivity index (χ2n) is 4.01. The fourth-order valence-corrected chi connectivity index (χ4v) is 1.43. The molecule has 0 aliphatic heterocycles. The van der Waals surface area contributed by atoms with Crippen LogP contribution in [0.1, 0.15) is 16.2 Å². The molecule has 0 aliphatic rings. The van der Waals surface area contributed by atoms with Gasteiger partial charge in [-0.2, -0.15) is 0 Å². The highest BCUT2D eigenvalue weighted by molar-refractivity contribution is 6.02. The lowest BCUT2D eigenvalue weighted by Gasteiger charge is -2.06. The Hall–Kier alpha value is -2.41. The van der Waals surface area contributed by atoms with Gasteiger partial charge in [-0.1, -0.05) is 5.16 Å². The molecule has 2 heterocycles. The van der Waals surface area contributed by atoms with Crippen LogP contribution in [0, 0.1) is 6.92 Å². The average Bonchev–Trinajstić information content (AvgIpc) is 2.88. The average molecular weight is 277 g/mol. The Morgan fingerprint density at radius 2 is 2.25 bits per heavy atom. The summed E-state index contributed by atoms with van der Waals surface area (Å²) in [7, 11) is 1.60. The van der Waals surface area contributed by atoms with Crippen LogP contribution in [0.25, 0.3) is 0 Å². The van der Waals surface area contributed by atoms with E-state index in [1.54, 1.807) is 32.2 Å². The molecule has 0 aliphatic carbocycles. The van der Waals surface area contributed by atoms with Crippen molar-refractivity contribution in [2.45, 2.75) is 6.92 Å². The van der Waals surface area contributed by atoms with Gasteiger partial charge in [-0.3, -0.25) is 4.79 Å². The van der Waals surface area contributed by atoms with E-state index in [9.17, 15) is 4.79 Å². The summed E-state index contributed by atoms with van der Waals surface area (Å²) in [5.41, 5.74) is 1.19. The first-order chi connectivity index (χ1) is 9.69. The summed E-state index contributed by atoms with van der Waals surface area (Å²) >= 11 is 0. The highest BCUT2D eigenvalue weighted by atomic mass is 16.5. The Labute approximate surface area is 115 Å². The maximum atomic E-state index is 11.8. The van der Waals surface area contributed by atoms with Gasteiger partial charge in [0.2, 0.25) is 11.6 Å². The van der Waals surface area contributed by atoms with Crippen molar-refractivity contribution in [1.82, 2.24) is 10.1 Å². The molecule has 0 atom stereocenters. The van der Waals surface area contributed by atoms with Crippen molar-refractivity contribution in [3.8, 4) is 5.88 Å². The van der Waals surface area contributed by atoms with Gasteiger partial charge in [0.15, 0.2) is 0 Å². The zero-order chi connectivity index (χ0) is 14.4. The Balaban J connectivity index is 1.91. The first-order valence-corrected chi connectivity index (χ1v) is 6.01. The molecular formula is C13H15N3O4. The lowest BCUT2D eigenvalue weighted by Crippen LogP contribution is -2.11. The predicted molar refractivity (Wildman–Crippen MR) is 70.8 cm³/mol. The van der Waals surface area contributed by atoms with Crippen LogP contribution in [-0.2, 0) is 4.74 Å². The molecule has 0 fully saturated rings. The van der Waals surface area contributed by atoms with Crippen LogP contribution >= 0.6 is 0 Å². The number of nitrogens with one attached hydrogen (secondary N) is 1. The first kappa shape index (κ1) is 14.0. The molecule has 0 spiro atoms. The Morgan fingerprint density at radius 1 is 1.40 bits per heavy atom. The third kappa shape index (κ3) is 3.79. The number of aromatic nitrogens is 2. The number of anilines is 1. The van der Waals surface area contributed by atoms with Gasteiger partial charge in [-0.05, 0) is 13.0 Å². The molecule has 106 valence electrons. The molecule has 2 rings (SSSR count). The molecule has 0 aromatic carbocycles. The highest BCUT2D eigenvalue weighted by Crippen LogP contribution is 2.13. The summed E-state index contributed by atoms with van der Waals surface area (Å²) < 4.78 is 15.0. The van der Waals surface area contributed by atoms with E-state index in [1.807, 2.05) is 0 Å². The van der Waals surface area contributed by atoms with E-state index >= 15 is 0 Å². The third-order valence-corrected chi connectivity index (χ3v) is 2.38. The Kier molecular flexibility index (Phi) is 4.67. The van der Waals surface area contributed by atoms with Crippen LogP contribution in [0.15, 0.2) is 28.9 Å². The summed E-state index contributed by atoms with van der Waals surface area (Å²) in [5.74, 6) is 0.249. The monoisotopic (exact) mass is 277 g/mol. The number of ether oxygens (including phenoxy) is 2. The number of hydrogen-bond donors (Lipinski definition) is 1. The number of carbonyl (C=O) groups is 1. The van der Waals surface area contributed by atoms with E-state index in [1.165, 1.54) is 6.20 Å². The van der Waals surface area contributed by atoms with Crippen molar-refractivity contribution >= 4 is 11.6 Å². The van der Waals surface area contributed by atoms with Crippen LogP contribution in [-0.4, -0.2) is 36.4 Å². The van der Waals surface area contributed by atoms with Crippen LogP contribution in [0.4, 0.5) is 5.69 Å². The van der Waals surface area contributed by atoms with E-state index in [2.05, 4.69) is 15.5 Å². The van der Waals surface area contributed by atoms with Crippen LogP contribution in [0.3, 0.4) is 0 Å². The summed E-state index contributed by atoms with van der Waals surface area (Å²) in [6.07, 6.45) is 1.50. The van der Waals surface area contributed by atoms with Crippen molar-refractivity contribution in [3.05, 3.63) is 35.9 Å². The predicted octanol–water partition coefficient (Wildman–Crippen LogP) is 1.66. The van der Waals surface area contributed by atoms with Crippen molar-refractivity contribution in [3.63, 3.8) is 0 Å². The quantitative estimate of drug-likeness (QED) is 0.808. The minimum atomic E-state index is -0.375. The molecule has 0 bridgehead atoms. The zero-order valence-electron chi connectivity index (χ0n) is 11.3. The van der Waals surface area contributed by atoms with Gasteiger partial charge in [0.1, 0.15) is 6.61 Å². The van der Waals surface area contributed by atoms with E-state index in [-0.39, 0.29) is 11.7 Å². The van der Waals surface area contributed by atoms with Crippen LogP contribution < -0.4 is 10.1 Å². The fraction of sp³-hybridized carbons (Fsp3) is 0.308. The van der Waals surface area contributed by atoms with Crippen molar-refractivity contribution < 1.29 is 18.8 Å². The molecule has 7 nitrogen and oxygen atoms in total. The summed E-state index contributed by atoms with van der Waals surface area (Å²) in [6.45, 7) is 2.66. The molecule has 0 saturated heterocycles. The van der Waals surface area contributed by atoms with E-state index < -0.39 is 0 Å². The van der Waals surface area contributed by atoms with Crippen molar-refractivity contribution in [2.24, 2.45) is 0 Å². The number of hydrogen-bond acceptors (Lipinski definition) is 6. The van der Waals surface area contributed by atoms with Gasteiger partial charge in [0.05, 0.1) is 24.2 Å². The van der Waals surface area contributed by atoms with Gasteiger partial charge in [-0.15, -0.1) is 0 Å². The molecule has 2 aromatic heterocycles. The maximum absolute atomic E-state index is 11.8.